The summed E-state index contributed by atoms with van der Waals surface area (Å²) in [6.45, 7) is 7.60. The number of rotatable bonds is 5. The molecule has 0 aliphatic rings. The van der Waals surface area contributed by atoms with Crippen molar-refractivity contribution in [1.82, 2.24) is 0 Å². The van der Waals surface area contributed by atoms with Crippen LogP contribution in [-0.4, -0.2) is 10.7 Å². The first-order valence-electron chi connectivity index (χ1n) is 4.66. The lowest BCUT2D eigenvalue weighted by molar-refractivity contribution is 0.0263. The highest BCUT2D eigenvalue weighted by Gasteiger charge is 2.22. The summed E-state index contributed by atoms with van der Waals surface area (Å²) in [7, 11) is 0. The molecule has 12 heavy (non-hydrogen) atoms. The fraction of sp³-hybridized carbons (Fsp3) is 0.727. The fourth-order valence-corrected chi connectivity index (χ4v) is 1.46. The second-order valence-electron chi connectivity index (χ2n) is 3.25. The van der Waals surface area contributed by atoms with Crippen molar-refractivity contribution in [2.24, 2.45) is 0 Å². The monoisotopic (exact) mass is 167 g/mol. The predicted octanol–water partition coefficient (Wildman–Crippen LogP) is 2.55. The molecule has 0 aromatic rings. The predicted molar refractivity (Wildman–Crippen MR) is 52.5 cm³/mol. The first-order valence-corrected chi connectivity index (χ1v) is 4.66. The highest BCUT2D eigenvalue weighted by Crippen LogP contribution is 2.22. The molecule has 0 saturated carbocycles. The maximum absolute atomic E-state index is 10.0. The van der Waals surface area contributed by atoms with E-state index in [-0.39, 0.29) is 0 Å². The molecular weight excluding hydrogens is 148 g/mol. The van der Waals surface area contributed by atoms with Crippen LogP contribution in [0.15, 0.2) is 0 Å². The van der Waals surface area contributed by atoms with Gasteiger partial charge in [0.25, 0.3) is 0 Å². The van der Waals surface area contributed by atoms with Crippen molar-refractivity contribution in [3.8, 4) is 11.8 Å². The van der Waals surface area contributed by atoms with E-state index >= 15 is 0 Å². The molecule has 0 rings (SSSR count). The molecule has 1 N–H and O–H groups in total. The normalized spacial score (nSPS) is 10.7. The Morgan fingerprint density at radius 3 is 2.08 bits per heavy atom. The van der Waals surface area contributed by atoms with Crippen LogP contribution in [0.1, 0.15) is 46.0 Å². The number of hydrogen-bond donors (Lipinski definition) is 1. The van der Waals surface area contributed by atoms with Gasteiger partial charge < -0.3 is 5.11 Å². The van der Waals surface area contributed by atoms with E-state index in [1.54, 1.807) is 0 Å². The average molecular weight is 167 g/mol. The maximum atomic E-state index is 10.0. The molecule has 0 aliphatic heterocycles. The van der Waals surface area contributed by atoms with Crippen LogP contribution >= 0.6 is 0 Å². The molecule has 0 saturated heterocycles. The first kappa shape index (κ1) is 11.5. The van der Waals surface area contributed by atoms with Gasteiger partial charge in [0.15, 0.2) is 0 Å². The minimum Gasteiger partial charge on any atom is -0.389 e. The van der Waals surface area contributed by atoms with Gasteiger partial charge in [-0.25, -0.2) is 0 Å². The van der Waals surface area contributed by atoms with Crippen molar-refractivity contribution < 1.29 is 5.11 Å². The van der Waals surface area contributed by atoms with Gasteiger partial charge in [-0.1, -0.05) is 26.7 Å². The lowest BCUT2D eigenvalue weighted by atomic mass is 9.90. The quantitative estimate of drug-likeness (QED) is 0.624. The van der Waals surface area contributed by atoms with E-state index in [4.69, 9.17) is 0 Å². The standard InChI is InChI=1S/C11H19O/c1-4-7-10-11(12,8-5-2)9-6-3/h12H,1,5-6,8-10H2,2-3H3. The molecule has 0 heterocycles. The van der Waals surface area contributed by atoms with Gasteiger partial charge in [-0.3, -0.25) is 0 Å². The van der Waals surface area contributed by atoms with Crippen molar-refractivity contribution >= 4 is 0 Å². The Hall–Kier alpha value is -0.480. The van der Waals surface area contributed by atoms with Crippen LogP contribution in [0.5, 0.6) is 0 Å². The Kier molecular flexibility index (Phi) is 5.84. The summed E-state index contributed by atoms with van der Waals surface area (Å²) in [5.41, 5.74) is -0.561. The van der Waals surface area contributed by atoms with Crippen molar-refractivity contribution in [1.29, 1.82) is 0 Å². The Morgan fingerprint density at radius 1 is 1.25 bits per heavy atom. The molecule has 1 heteroatoms. The highest BCUT2D eigenvalue weighted by molar-refractivity contribution is 5.05. The Morgan fingerprint density at radius 2 is 1.75 bits per heavy atom. The molecule has 0 fully saturated rings. The highest BCUT2D eigenvalue weighted by atomic mass is 16.3. The first-order chi connectivity index (χ1) is 5.68. The lowest BCUT2D eigenvalue weighted by Gasteiger charge is -2.24. The van der Waals surface area contributed by atoms with Gasteiger partial charge >= 0.3 is 0 Å². The van der Waals surface area contributed by atoms with Crippen molar-refractivity contribution in [3.63, 3.8) is 0 Å². The molecule has 0 amide bonds. The fourth-order valence-electron chi connectivity index (χ4n) is 1.46. The third-order valence-corrected chi connectivity index (χ3v) is 1.97. The van der Waals surface area contributed by atoms with Gasteiger partial charge in [0, 0.05) is 13.3 Å². The minimum atomic E-state index is -0.561. The van der Waals surface area contributed by atoms with Crippen molar-refractivity contribution in [3.05, 3.63) is 6.92 Å². The third-order valence-electron chi connectivity index (χ3n) is 1.97. The zero-order valence-corrected chi connectivity index (χ0v) is 8.19. The van der Waals surface area contributed by atoms with Gasteiger partial charge in [0.05, 0.1) is 5.60 Å². The average Bonchev–Trinajstić information content (AvgIpc) is 2.02. The van der Waals surface area contributed by atoms with Gasteiger partial charge in [0.1, 0.15) is 0 Å². The topological polar surface area (TPSA) is 20.2 Å². The Bertz CT molecular complexity index is 156. The molecule has 0 aromatic heterocycles. The van der Waals surface area contributed by atoms with Crippen molar-refractivity contribution in [2.45, 2.75) is 51.6 Å². The largest absolute Gasteiger partial charge is 0.389 e. The molecule has 0 unspecified atom stereocenters. The molecule has 1 nitrogen and oxygen atoms in total. The molecule has 1 radical (unpaired) electrons. The summed E-state index contributed by atoms with van der Waals surface area (Å²) >= 11 is 0. The summed E-state index contributed by atoms with van der Waals surface area (Å²) in [5, 5.41) is 10.0. The summed E-state index contributed by atoms with van der Waals surface area (Å²) in [5.74, 6) is 5.43. The van der Waals surface area contributed by atoms with Gasteiger partial charge in [-0.05, 0) is 12.8 Å². The van der Waals surface area contributed by atoms with Crippen LogP contribution in [0.4, 0.5) is 0 Å². The second-order valence-corrected chi connectivity index (χ2v) is 3.25. The zero-order valence-electron chi connectivity index (χ0n) is 8.19. The van der Waals surface area contributed by atoms with E-state index in [1.165, 1.54) is 0 Å². The van der Waals surface area contributed by atoms with E-state index in [0.29, 0.717) is 6.42 Å². The number of aliphatic hydroxyl groups is 1. The summed E-state index contributed by atoms with van der Waals surface area (Å²) < 4.78 is 0. The van der Waals surface area contributed by atoms with E-state index in [1.807, 2.05) is 0 Å². The molecule has 0 aromatic carbocycles. The van der Waals surface area contributed by atoms with Crippen LogP contribution in [0.25, 0.3) is 0 Å². The van der Waals surface area contributed by atoms with E-state index < -0.39 is 5.60 Å². The third kappa shape index (κ3) is 4.41. The lowest BCUT2D eigenvalue weighted by Crippen LogP contribution is -2.27. The summed E-state index contributed by atoms with van der Waals surface area (Å²) in [4.78, 5) is 0. The van der Waals surface area contributed by atoms with Crippen LogP contribution < -0.4 is 0 Å². The van der Waals surface area contributed by atoms with E-state index in [0.717, 1.165) is 25.7 Å². The van der Waals surface area contributed by atoms with Crippen molar-refractivity contribution in [2.75, 3.05) is 0 Å². The summed E-state index contributed by atoms with van der Waals surface area (Å²) in [6, 6.07) is 0. The van der Waals surface area contributed by atoms with Crippen LogP contribution in [0, 0.1) is 18.8 Å². The molecule has 0 atom stereocenters. The van der Waals surface area contributed by atoms with Gasteiger partial charge in [-0.2, -0.15) is 0 Å². The van der Waals surface area contributed by atoms with Gasteiger partial charge in [0.2, 0.25) is 0 Å². The number of hydrogen-bond acceptors (Lipinski definition) is 1. The molecule has 0 aliphatic carbocycles. The SMILES string of the molecule is [CH2]C#CCC(O)(CCC)CCC. The van der Waals surface area contributed by atoms with E-state index in [2.05, 4.69) is 32.6 Å². The Labute approximate surface area is 76.2 Å². The molecule has 69 valence electrons. The molecular formula is C11H19O. The minimum absolute atomic E-state index is 0.561. The maximum Gasteiger partial charge on any atom is 0.0756 e. The summed E-state index contributed by atoms with van der Waals surface area (Å²) in [6.07, 6.45) is 4.27. The smallest absolute Gasteiger partial charge is 0.0756 e. The second kappa shape index (κ2) is 6.08. The van der Waals surface area contributed by atoms with Gasteiger partial charge in [-0.15, -0.1) is 11.8 Å². The van der Waals surface area contributed by atoms with Crippen LogP contribution in [-0.2, 0) is 0 Å². The van der Waals surface area contributed by atoms with E-state index in [9.17, 15) is 5.11 Å². The van der Waals surface area contributed by atoms with Crippen LogP contribution in [0.3, 0.4) is 0 Å². The zero-order chi connectivity index (χ0) is 9.45. The molecule has 0 bridgehead atoms. The van der Waals surface area contributed by atoms with Crippen LogP contribution in [0.2, 0.25) is 0 Å². The Balaban J connectivity index is 4.03. The molecule has 0 spiro atoms.